The van der Waals surface area contributed by atoms with E-state index in [-0.39, 0.29) is 11.8 Å². The zero-order valence-corrected chi connectivity index (χ0v) is 12.2. The standard InChI is InChI=1S/C14H23N3O3/c1-3-11-16-12(14(18)19-2)13(15)17(11)8-7-10-6-4-5-9-20-10/h10H,3-9,15H2,1-2H3. The first kappa shape index (κ1) is 14.8. The van der Waals surface area contributed by atoms with Gasteiger partial charge >= 0.3 is 5.97 Å². The molecular weight excluding hydrogens is 258 g/mol. The predicted octanol–water partition coefficient (Wildman–Crippen LogP) is 1.77. The average Bonchev–Trinajstić information content (AvgIpc) is 2.81. The smallest absolute Gasteiger partial charge is 0.360 e. The summed E-state index contributed by atoms with van der Waals surface area (Å²) in [6, 6.07) is 0. The molecule has 1 unspecified atom stereocenters. The van der Waals surface area contributed by atoms with Crippen molar-refractivity contribution in [2.24, 2.45) is 0 Å². The van der Waals surface area contributed by atoms with Crippen LogP contribution in [0.25, 0.3) is 0 Å². The number of aromatic nitrogens is 2. The van der Waals surface area contributed by atoms with E-state index >= 15 is 0 Å². The second-order valence-corrected chi connectivity index (χ2v) is 5.04. The van der Waals surface area contributed by atoms with Crippen LogP contribution in [0.4, 0.5) is 5.82 Å². The van der Waals surface area contributed by atoms with Gasteiger partial charge in [-0.15, -0.1) is 0 Å². The molecule has 2 heterocycles. The molecule has 1 fully saturated rings. The Bertz CT molecular complexity index is 464. The number of anilines is 1. The average molecular weight is 281 g/mol. The molecule has 20 heavy (non-hydrogen) atoms. The fourth-order valence-electron chi connectivity index (χ4n) is 2.59. The first-order chi connectivity index (χ1) is 9.67. The molecule has 0 spiro atoms. The molecule has 1 aromatic rings. The van der Waals surface area contributed by atoms with Gasteiger partial charge in [0.2, 0.25) is 0 Å². The highest BCUT2D eigenvalue weighted by Gasteiger charge is 2.21. The van der Waals surface area contributed by atoms with Crippen molar-refractivity contribution in [3.63, 3.8) is 0 Å². The van der Waals surface area contributed by atoms with E-state index in [0.717, 1.165) is 44.7 Å². The van der Waals surface area contributed by atoms with Crippen LogP contribution in [0.5, 0.6) is 0 Å². The van der Waals surface area contributed by atoms with Crippen molar-refractivity contribution in [2.45, 2.75) is 51.7 Å². The molecule has 0 bridgehead atoms. The number of ether oxygens (including phenoxy) is 2. The lowest BCUT2D eigenvalue weighted by Crippen LogP contribution is -2.21. The minimum absolute atomic E-state index is 0.217. The van der Waals surface area contributed by atoms with E-state index < -0.39 is 5.97 Å². The highest BCUT2D eigenvalue weighted by Crippen LogP contribution is 2.20. The molecule has 112 valence electrons. The van der Waals surface area contributed by atoms with Crippen LogP contribution in [0, 0.1) is 0 Å². The lowest BCUT2D eigenvalue weighted by Gasteiger charge is -2.23. The summed E-state index contributed by atoms with van der Waals surface area (Å²) in [6.07, 6.45) is 5.38. The second kappa shape index (κ2) is 6.74. The minimum Gasteiger partial charge on any atom is -0.464 e. The number of hydrogen-bond acceptors (Lipinski definition) is 5. The van der Waals surface area contributed by atoms with Crippen LogP contribution in [0.2, 0.25) is 0 Å². The largest absolute Gasteiger partial charge is 0.464 e. The topological polar surface area (TPSA) is 79.4 Å². The van der Waals surface area contributed by atoms with Gasteiger partial charge in [-0.1, -0.05) is 6.92 Å². The third kappa shape index (κ3) is 3.12. The number of esters is 1. The zero-order valence-electron chi connectivity index (χ0n) is 12.2. The molecule has 1 aromatic heterocycles. The maximum Gasteiger partial charge on any atom is 0.360 e. The number of rotatable bonds is 5. The number of nitrogens with zero attached hydrogens (tertiary/aromatic N) is 2. The number of carbonyl (C=O) groups excluding carboxylic acids is 1. The van der Waals surface area contributed by atoms with Gasteiger partial charge in [0.05, 0.1) is 13.2 Å². The van der Waals surface area contributed by atoms with Gasteiger partial charge in [-0.05, 0) is 25.7 Å². The second-order valence-electron chi connectivity index (χ2n) is 5.04. The molecule has 1 aliphatic rings. The van der Waals surface area contributed by atoms with E-state index in [1.54, 1.807) is 0 Å². The molecule has 1 atom stereocenters. The molecule has 2 N–H and O–H groups in total. The van der Waals surface area contributed by atoms with Crippen LogP contribution < -0.4 is 5.73 Å². The van der Waals surface area contributed by atoms with Crippen LogP contribution in [0.1, 0.15) is 48.9 Å². The maximum absolute atomic E-state index is 11.6. The summed E-state index contributed by atoms with van der Waals surface area (Å²) in [6.45, 7) is 3.57. The summed E-state index contributed by atoms with van der Waals surface area (Å²) < 4.78 is 12.3. The molecule has 1 aliphatic heterocycles. The Morgan fingerprint density at radius 3 is 2.95 bits per heavy atom. The lowest BCUT2D eigenvalue weighted by atomic mass is 10.1. The monoisotopic (exact) mass is 281 g/mol. The number of carbonyl (C=O) groups is 1. The molecule has 2 rings (SSSR count). The highest BCUT2D eigenvalue weighted by atomic mass is 16.5. The van der Waals surface area contributed by atoms with Crippen molar-refractivity contribution < 1.29 is 14.3 Å². The van der Waals surface area contributed by atoms with Crippen molar-refractivity contribution >= 4 is 11.8 Å². The van der Waals surface area contributed by atoms with Gasteiger partial charge in [-0.2, -0.15) is 0 Å². The van der Waals surface area contributed by atoms with Crippen LogP contribution in [-0.2, 0) is 22.4 Å². The number of aryl methyl sites for hydroxylation is 1. The van der Waals surface area contributed by atoms with Crippen molar-refractivity contribution in [3.05, 3.63) is 11.5 Å². The lowest BCUT2D eigenvalue weighted by molar-refractivity contribution is 0.00879. The number of nitrogen functional groups attached to an aromatic ring is 1. The van der Waals surface area contributed by atoms with Gasteiger partial charge in [0.15, 0.2) is 5.69 Å². The Morgan fingerprint density at radius 1 is 1.55 bits per heavy atom. The Kier molecular flexibility index (Phi) is 5.00. The van der Waals surface area contributed by atoms with Crippen molar-refractivity contribution in [3.8, 4) is 0 Å². The van der Waals surface area contributed by atoms with Gasteiger partial charge in [0.25, 0.3) is 0 Å². The number of methoxy groups -OCH3 is 1. The first-order valence-corrected chi connectivity index (χ1v) is 7.22. The van der Waals surface area contributed by atoms with E-state index in [1.165, 1.54) is 13.5 Å². The van der Waals surface area contributed by atoms with E-state index in [4.69, 9.17) is 15.2 Å². The van der Waals surface area contributed by atoms with E-state index in [2.05, 4.69) is 4.98 Å². The fourth-order valence-corrected chi connectivity index (χ4v) is 2.59. The third-order valence-electron chi connectivity index (χ3n) is 3.73. The fraction of sp³-hybridized carbons (Fsp3) is 0.714. The van der Waals surface area contributed by atoms with Gasteiger partial charge < -0.3 is 19.8 Å². The van der Waals surface area contributed by atoms with E-state index in [9.17, 15) is 4.79 Å². The first-order valence-electron chi connectivity index (χ1n) is 7.22. The summed E-state index contributed by atoms with van der Waals surface area (Å²) in [5.41, 5.74) is 6.25. The van der Waals surface area contributed by atoms with E-state index in [0.29, 0.717) is 5.82 Å². The summed E-state index contributed by atoms with van der Waals surface area (Å²) in [7, 11) is 1.34. The van der Waals surface area contributed by atoms with Crippen molar-refractivity contribution in [2.75, 3.05) is 19.5 Å². The normalized spacial score (nSPS) is 19.0. The molecule has 0 radical (unpaired) electrons. The van der Waals surface area contributed by atoms with Crippen LogP contribution >= 0.6 is 0 Å². The van der Waals surface area contributed by atoms with Gasteiger partial charge in [-0.3, -0.25) is 0 Å². The summed E-state index contributed by atoms with van der Waals surface area (Å²) in [5.74, 6) is 0.730. The molecular formula is C14H23N3O3. The molecule has 0 saturated carbocycles. The summed E-state index contributed by atoms with van der Waals surface area (Å²) in [4.78, 5) is 15.9. The van der Waals surface area contributed by atoms with Gasteiger partial charge in [0.1, 0.15) is 11.6 Å². The number of imidazole rings is 1. The number of hydrogen-bond donors (Lipinski definition) is 1. The quantitative estimate of drug-likeness (QED) is 0.832. The Balaban J connectivity index is 2.09. The van der Waals surface area contributed by atoms with Crippen molar-refractivity contribution in [1.82, 2.24) is 9.55 Å². The van der Waals surface area contributed by atoms with Crippen LogP contribution in [0.15, 0.2) is 0 Å². The maximum atomic E-state index is 11.6. The predicted molar refractivity (Wildman–Crippen MR) is 75.6 cm³/mol. The molecule has 1 saturated heterocycles. The molecule has 0 aliphatic carbocycles. The third-order valence-corrected chi connectivity index (χ3v) is 3.73. The molecule has 0 aromatic carbocycles. The molecule has 6 nitrogen and oxygen atoms in total. The SMILES string of the molecule is CCc1nc(C(=O)OC)c(N)n1CCC1CCCCO1. The minimum atomic E-state index is -0.482. The van der Waals surface area contributed by atoms with Crippen molar-refractivity contribution in [1.29, 1.82) is 0 Å². The van der Waals surface area contributed by atoms with Gasteiger partial charge in [0, 0.05) is 19.6 Å². The van der Waals surface area contributed by atoms with Crippen LogP contribution in [0.3, 0.4) is 0 Å². The Morgan fingerprint density at radius 2 is 2.35 bits per heavy atom. The Hall–Kier alpha value is -1.56. The van der Waals surface area contributed by atoms with Gasteiger partial charge in [-0.25, -0.2) is 9.78 Å². The zero-order chi connectivity index (χ0) is 14.5. The molecule has 6 heteroatoms. The van der Waals surface area contributed by atoms with Crippen LogP contribution in [-0.4, -0.2) is 35.3 Å². The summed E-state index contributed by atoms with van der Waals surface area (Å²) in [5, 5.41) is 0. The van der Waals surface area contributed by atoms with E-state index in [1.807, 2.05) is 11.5 Å². The summed E-state index contributed by atoms with van der Waals surface area (Å²) >= 11 is 0. The molecule has 0 amide bonds. The highest BCUT2D eigenvalue weighted by molar-refractivity contribution is 5.92. The number of nitrogens with two attached hydrogens (primary N) is 1. The Labute approximate surface area is 119 Å².